The first kappa shape index (κ1) is 9.89. The summed E-state index contributed by atoms with van der Waals surface area (Å²) >= 11 is 2.06. The monoisotopic (exact) mass is 294 g/mol. The predicted octanol–water partition coefficient (Wildman–Crippen LogP) is 1.50. The van der Waals surface area contributed by atoms with E-state index in [0.29, 0.717) is 0 Å². The van der Waals surface area contributed by atoms with Gasteiger partial charge in [-0.15, -0.1) is 0 Å². The number of aromatic nitrogens is 2. The molecule has 1 aromatic heterocycles. The lowest BCUT2D eigenvalue weighted by Crippen LogP contribution is -1.90. The van der Waals surface area contributed by atoms with E-state index < -0.39 is 6.10 Å². The van der Waals surface area contributed by atoms with Gasteiger partial charge in [-0.05, 0) is 14.2 Å². The lowest BCUT2D eigenvalue weighted by molar-refractivity contribution is 0.238. The third kappa shape index (κ3) is 2.69. The molecular weight excluding hydrogens is 287 g/mol. The molecule has 64 valence electrons. The zero-order chi connectivity index (χ0) is 8.97. The topological polar surface area (TPSA) is 38.0 Å². The van der Waals surface area contributed by atoms with Crippen LogP contribution in [0.25, 0.3) is 0 Å². The summed E-state index contributed by atoms with van der Waals surface area (Å²) in [4.78, 5) is 0. The van der Waals surface area contributed by atoms with Crippen molar-refractivity contribution in [2.45, 2.75) is 6.10 Å². The number of hydrogen-bond acceptors (Lipinski definition) is 3. The van der Waals surface area contributed by atoms with Gasteiger partial charge in [0.05, 0.1) is 6.20 Å². The van der Waals surface area contributed by atoms with Gasteiger partial charge in [0.1, 0.15) is 6.10 Å². The highest BCUT2D eigenvalue weighted by atomic mass is 127. The quantitative estimate of drug-likeness (QED) is 0.630. The molecule has 3 nitrogen and oxygen atoms in total. The summed E-state index contributed by atoms with van der Waals surface area (Å²) < 4.78 is 1.64. The molecule has 12 heavy (non-hydrogen) atoms. The Labute approximate surface area is 87.1 Å². The van der Waals surface area contributed by atoms with E-state index in [9.17, 15) is 5.11 Å². The van der Waals surface area contributed by atoms with Gasteiger partial charge in [-0.3, -0.25) is 4.68 Å². The lowest BCUT2D eigenvalue weighted by Gasteiger charge is -1.95. The zero-order valence-electron chi connectivity index (χ0n) is 6.36. The molecule has 0 amide bonds. The normalized spacial score (nSPS) is 11.9. The van der Waals surface area contributed by atoms with Gasteiger partial charge in [0.15, 0.2) is 0 Å². The molecule has 0 spiro atoms. The Hall–Kier alpha value is -0.190. The highest BCUT2D eigenvalue weighted by Crippen LogP contribution is 2.12. The standard InChI is InChI=1S/C7H7IN2OS/c1-10-5-6(4-9-10)7(11)2-3-12-8/h4-5,7,11H,1H3. The Morgan fingerprint density at radius 1 is 1.83 bits per heavy atom. The molecule has 0 aliphatic rings. The molecule has 0 saturated heterocycles. The predicted molar refractivity (Wildman–Crippen MR) is 57.6 cm³/mol. The number of hydrogen-bond donors (Lipinski definition) is 1. The Balaban J connectivity index is 2.71. The van der Waals surface area contributed by atoms with Crippen LogP contribution in [0.15, 0.2) is 12.4 Å². The van der Waals surface area contributed by atoms with E-state index >= 15 is 0 Å². The summed E-state index contributed by atoms with van der Waals surface area (Å²) in [5.74, 6) is 2.67. The summed E-state index contributed by atoms with van der Waals surface area (Å²) in [5, 5.41) is 16.1. The van der Waals surface area contributed by atoms with Crippen LogP contribution in [0.3, 0.4) is 0 Å². The van der Waals surface area contributed by atoms with Crippen molar-refractivity contribution in [3.8, 4) is 11.2 Å². The van der Waals surface area contributed by atoms with Crippen molar-refractivity contribution in [3.05, 3.63) is 18.0 Å². The molecule has 1 heterocycles. The highest BCUT2D eigenvalue weighted by Gasteiger charge is 2.04. The fourth-order valence-corrected chi connectivity index (χ4v) is 1.28. The van der Waals surface area contributed by atoms with Gasteiger partial charge in [-0.1, -0.05) is 5.92 Å². The van der Waals surface area contributed by atoms with Crippen LogP contribution in [0.4, 0.5) is 0 Å². The van der Waals surface area contributed by atoms with Crippen molar-refractivity contribution >= 4 is 30.1 Å². The van der Waals surface area contributed by atoms with E-state index in [-0.39, 0.29) is 0 Å². The minimum atomic E-state index is -0.721. The molecule has 0 saturated carbocycles. The smallest absolute Gasteiger partial charge is 0.144 e. The molecule has 0 aliphatic heterocycles. The van der Waals surface area contributed by atoms with Crippen molar-refractivity contribution in [1.82, 2.24) is 9.78 Å². The fraction of sp³-hybridized carbons (Fsp3) is 0.286. The van der Waals surface area contributed by atoms with Gasteiger partial charge in [0, 0.05) is 40.0 Å². The largest absolute Gasteiger partial charge is 0.376 e. The number of aryl methyl sites for hydroxylation is 1. The number of aliphatic hydroxyl groups is 1. The lowest BCUT2D eigenvalue weighted by atomic mass is 10.2. The molecule has 0 radical (unpaired) electrons. The minimum absolute atomic E-state index is 0.721. The van der Waals surface area contributed by atoms with Gasteiger partial charge < -0.3 is 5.11 Å². The Morgan fingerprint density at radius 2 is 2.58 bits per heavy atom. The van der Waals surface area contributed by atoms with Crippen LogP contribution < -0.4 is 0 Å². The van der Waals surface area contributed by atoms with Gasteiger partial charge in [0.25, 0.3) is 0 Å². The van der Waals surface area contributed by atoms with Gasteiger partial charge in [-0.25, -0.2) is 0 Å². The van der Waals surface area contributed by atoms with Gasteiger partial charge in [0.2, 0.25) is 0 Å². The second-order valence-corrected chi connectivity index (χ2v) is 3.85. The summed E-state index contributed by atoms with van der Waals surface area (Å²) in [6, 6.07) is 0. The maximum absolute atomic E-state index is 9.42. The molecule has 0 aliphatic carbocycles. The van der Waals surface area contributed by atoms with Crippen LogP contribution >= 0.6 is 30.1 Å². The van der Waals surface area contributed by atoms with Crippen molar-refractivity contribution in [2.24, 2.45) is 7.05 Å². The van der Waals surface area contributed by atoms with E-state index in [1.807, 2.05) is 0 Å². The minimum Gasteiger partial charge on any atom is -0.376 e. The first-order valence-corrected chi connectivity index (χ1v) is 6.54. The average Bonchev–Trinajstić information content (AvgIpc) is 2.47. The Kier molecular flexibility index (Phi) is 3.91. The van der Waals surface area contributed by atoms with Crippen LogP contribution in [0.5, 0.6) is 0 Å². The van der Waals surface area contributed by atoms with Crippen LogP contribution in [-0.4, -0.2) is 14.9 Å². The molecule has 0 fully saturated rings. The maximum Gasteiger partial charge on any atom is 0.144 e. The Morgan fingerprint density at radius 3 is 3.08 bits per heavy atom. The van der Waals surface area contributed by atoms with Crippen LogP contribution in [-0.2, 0) is 7.05 Å². The van der Waals surface area contributed by atoms with Crippen molar-refractivity contribution < 1.29 is 5.11 Å². The molecule has 1 aromatic rings. The maximum atomic E-state index is 9.42. The third-order valence-corrected chi connectivity index (χ3v) is 2.13. The van der Waals surface area contributed by atoms with Gasteiger partial charge >= 0.3 is 0 Å². The van der Waals surface area contributed by atoms with Gasteiger partial charge in [-0.2, -0.15) is 5.10 Å². The summed E-state index contributed by atoms with van der Waals surface area (Å²) in [5.41, 5.74) is 0.732. The fourth-order valence-electron chi connectivity index (χ4n) is 0.743. The number of rotatable bonds is 1. The van der Waals surface area contributed by atoms with Crippen LogP contribution in [0, 0.1) is 11.2 Å². The van der Waals surface area contributed by atoms with E-state index in [1.165, 1.54) is 8.93 Å². The second-order valence-electron chi connectivity index (χ2n) is 2.17. The summed E-state index contributed by atoms with van der Waals surface area (Å²) in [7, 11) is 3.16. The third-order valence-electron chi connectivity index (χ3n) is 1.27. The molecule has 5 heteroatoms. The summed E-state index contributed by atoms with van der Waals surface area (Å²) in [6.07, 6.45) is 2.63. The first-order chi connectivity index (χ1) is 5.74. The highest BCUT2D eigenvalue weighted by molar-refractivity contribution is 14.2. The van der Waals surface area contributed by atoms with Crippen LogP contribution in [0.2, 0.25) is 0 Å². The molecule has 1 unspecified atom stereocenters. The van der Waals surface area contributed by atoms with Crippen LogP contribution in [0.1, 0.15) is 11.7 Å². The first-order valence-electron chi connectivity index (χ1n) is 3.18. The molecule has 1 atom stereocenters. The van der Waals surface area contributed by atoms with E-state index in [0.717, 1.165) is 5.56 Å². The number of halogens is 1. The summed E-state index contributed by atoms with van der Waals surface area (Å²) in [6.45, 7) is 0. The van der Waals surface area contributed by atoms with E-state index in [4.69, 9.17) is 0 Å². The van der Waals surface area contributed by atoms with Crippen molar-refractivity contribution in [2.75, 3.05) is 0 Å². The average molecular weight is 294 g/mol. The van der Waals surface area contributed by atoms with E-state index in [1.54, 1.807) is 24.1 Å². The molecule has 1 N–H and O–H groups in total. The molecule has 0 bridgehead atoms. The number of nitrogens with zero attached hydrogens (tertiary/aromatic N) is 2. The molecule has 0 aromatic carbocycles. The van der Waals surface area contributed by atoms with Crippen molar-refractivity contribution in [1.29, 1.82) is 0 Å². The zero-order valence-corrected chi connectivity index (χ0v) is 9.33. The molecule has 1 rings (SSSR count). The van der Waals surface area contributed by atoms with E-state index in [2.05, 4.69) is 37.5 Å². The Bertz CT molecular complexity index is 315. The number of aliphatic hydroxyl groups excluding tert-OH is 1. The second kappa shape index (κ2) is 4.74. The molecular formula is C7H7IN2OS. The SMILES string of the molecule is Cn1cc(C(O)C#CSI)cn1. The van der Waals surface area contributed by atoms with Crippen molar-refractivity contribution in [3.63, 3.8) is 0 Å².